The number of aromatic nitrogens is 3. The SMILES string of the molecule is Nc1ncnc2c1c(Cl)c(Br)n2[C@H]1C[C@H](O)[C@@H](CO)O1. The lowest BCUT2D eigenvalue weighted by Gasteiger charge is -2.15. The summed E-state index contributed by atoms with van der Waals surface area (Å²) < 4.78 is 7.88. The fourth-order valence-corrected chi connectivity index (χ4v) is 3.25. The van der Waals surface area contributed by atoms with Crippen LogP contribution in [0.5, 0.6) is 0 Å². The molecule has 108 valence electrons. The summed E-state index contributed by atoms with van der Waals surface area (Å²) in [6.07, 6.45) is -0.185. The average Bonchev–Trinajstić information content (AvgIpc) is 2.90. The van der Waals surface area contributed by atoms with Crippen molar-refractivity contribution in [1.29, 1.82) is 0 Å². The first-order valence-electron chi connectivity index (χ1n) is 5.94. The van der Waals surface area contributed by atoms with Crippen molar-refractivity contribution in [2.24, 2.45) is 0 Å². The van der Waals surface area contributed by atoms with Crippen molar-refractivity contribution in [1.82, 2.24) is 14.5 Å². The van der Waals surface area contributed by atoms with E-state index in [0.29, 0.717) is 27.1 Å². The number of aliphatic hydroxyl groups is 2. The third kappa shape index (κ3) is 1.99. The van der Waals surface area contributed by atoms with E-state index in [9.17, 15) is 5.11 Å². The van der Waals surface area contributed by atoms with Gasteiger partial charge < -0.3 is 20.7 Å². The molecule has 0 aromatic carbocycles. The minimum Gasteiger partial charge on any atom is -0.394 e. The van der Waals surface area contributed by atoms with Gasteiger partial charge in [0.15, 0.2) is 0 Å². The second-order valence-corrected chi connectivity index (χ2v) is 5.68. The quantitative estimate of drug-likeness (QED) is 0.737. The molecular weight excluding hydrogens is 352 g/mol. The number of rotatable bonds is 2. The molecule has 0 radical (unpaired) electrons. The molecule has 1 saturated heterocycles. The fraction of sp³-hybridized carbons (Fsp3) is 0.455. The molecule has 20 heavy (non-hydrogen) atoms. The van der Waals surface area contributed by atoms with Gasteiger partial charge in [-0.15, -0.1) is 0 Å². The van der Waals surface area contributed by atoms with E-state index in [4.69, 9.17) is 27.2 Å². The number of halogens is 2. The zero-order chi connectivity index (χ0) is 14.4. The first-order valence-corrected chi connectivity index (χ1v) is 7.11. The van der Waals surface area contributed by atoms with Crippen molar-refractivity contribution in [3.8, 4) is 0 Å². The standard InChI is InChI=1S/C11H12BrClN4O3/c12-9-8(13)7-10(14)15-3-16-11(7)17(9)6-1-4(19)5(2-18)20-6/h3-6,18-19H,1-2H2,(H2,14,15,16)/t4-,5+,6+/m0/s1. The van der Waals surface area contributed by atoms with Gasteiger partial charge in [-0.3, -0.25) is 4.57 Å². The van der Waals surface area contributed by atoms with Crippen LogP contribution in [-0.4, -0.2) is 43.6 Å². The number of nitrogens with zero attached hydrogens (tertiary/aromatic N) is 3. The number of fused-ring (bicyclic) bond motifs is 1. The normalized spacial score (nSPS) is 26.5. The Balaban J connectivity index is 2.13. The molecule has 0 spiro atoms. The molecule has 2 aromatic heterocycles. The number of nitrogens with two attached hydrogens (primary N) is 1. The molecule has 0 bridgehead atoms. The third-order valence-electron chi connectivity index (χ3n) is 3.37. The maximum absolute atomic E-state index is 9.84. The minimum atomic E-state index is -0.743. The molecule has 2 aromatic rings. The molecule has 0 aliphatic carbocycles. The van der Waals surface area contributed by atoms with Gasteiger partial charge in [-0.1, -0.05) is 11.6 Å². The smallest absolute Gasteiger partial charge is 0.150 e. The lowest BCUT2D eigenvalue weighted by molar-refractivity contribution is -0.0436. The average molecular weight is 364 g/mol. The first-order chi connectivity index (χ1) is 9.54. The Morgan fingerprint density at radius 2 is 2.30 bits per heavy atom. The molecule has 7 nitrogen and oxygen atoms in total. The second-order valence-electron chi connectivity index (χ2n) is 4.55. The summed E-state index contributed by atoms with van der Waals surface area (Å²) in [5.74, 6) is 0.275. The van der Waals surface area contributed by atoms with Crippen molar-refractivity contribution in [3.05, 3.63) is 16.0 Å². The summed E-state index contributed by atoms with van der Waals surface area (Å²) in [4.78, 5) is 8.09. The van der Waals surface area contributed by atoms with Crippen LogP contribution >= 0.6 is 27.5 Å². The van der Waals surface area contributed by atoms with E-state index in [0.717, 1.165) is 0 Å². The van der Waals surface area contributed by atoms with Gasteiger partial charge in [0.05, 0.1) is 23.1 Å². The van der Waals surface area contributed by atoms with Crippen molar-refractivity contribution >= 4 is 44.4 Å². The lowest BCUT2D eigenvalue weighted by atomic mass is 10.2. The summed E-state index contributed by atoms with van der Waals surface area (Å²) in [5.41, 5.74) is 6.34. The summed E-state index contributed by atoms with van der Waals surface area (Å²) in [6.45, 7) is -0.251. The molecule has 4 N–H and O–H groups in total. The second kappa shape index (κ2) is 5.12. The summed E-state index contributed by atoms with van der Waals surface area (Å²) in [7, 11) is 0. The van der Waals surface area contributed by atoms with E-state index in [1.165, 1.54) is 6.33 Å². The maximum Gasteiger partial charge on any atom is 0.150 e. The van der Waals surface area contributed by atoms with Crippen LogP contribution in [0, 0.1) is 0 Å². The molecule has 0 amide bonds. The number of hydrogen-bond donors (Lipinski definition) is 3. The monoisotopic (exact) mass is 362 g/mol. The van der Waals surface area contributed by atoms with Gasteiger partial charge in [-0.05, 0) is 15.9 Å². The molecule has 1 aliphatic rings. The Bertz CT molecular complexity index is 665. The lowest BCUT2D eigenvalue weighted by Crippen LogP contribution is -2.24. The van der Waals surface area contributed by atoms with Gasteiger partial charge >= 0.3 is 0 Å². The van der Waals surface area contributed by atoms with Gasteiger partial charge in [0.25, 0.3) is 0 Å². The van der Waals surface area contributed by atoms with Crippen LogP contribution in [-0.2, 0) is 4.74 Å². The number of anilines is 1. The molecule has 3 heterocycles. The summed E-state index contributed by atoms with van der Waals surface area (Å²) in [6, 6.07) is 0. The zero-order valence-electron chi connectivity index (χ0n) is 10.2. The molecule has 3 rings (SSSR count). The molecule has 1 fully saturated rings. The Morgan fingerprint density at radius 1 is 1.55 bits per heavy atom. The highest BCUT2D eigenvalue weighted by atomic mass is 79.9. The van der Waals surface area contributed by atoms with E-state index in [2.05, 4.69) is 25.9 Å². The van der Waals surface area contributed by atoms with E-state index in [1.807, 2.05) is 0 Å². The minimum absolute atomic E-state index is 0.251. The summed E-state index contributed by atoms with van der Waals surface area (Å²) in [5, 5.41) is 19.9. The van der Waals surface area contributed by atoms with Crippen LogP contribution in [0.15, 0.2) is 10.9 Å². The molecule has 0 saturated carbocycles. The highest BCUT2D eigenvalue weighted by molar-refractivity contribution is 9.10. The Kier molecular flexibility index (Phi) is 3.59. The molecular formula is C11H12BrClN4O3. The zero-order valence-corrected chi connectivity index (χ0v) is 12.5. The van der Waals surface area contributed by atoms with Crippen LogP contribution < -0.4 is 5.73 Å². The van der Waals surface area contributed by atoms with E-state index < -0.39 is 18.4 Å². The number of ether oxygens (including phenoxy) is 1. The van der Waals surface area contributed by atoms with Crippen LogP contribution in [0.25, 0.3) is 11.0 Å². The third-order valence-corrected chi connectivity index (χ3v) is 4.74. The van der Waals surface area contributed by atoms with E-state index >= 15 is 0 Å². The van der Waals surface area contributed by atoms with Crippen molar-refractivity contribution in [2.45, 2.75) is 24.9 Å². The van der Waals surface area contributed by atoms with Crippen LogP contribution in [0.1, 0.15) is 12.6 Å². The first kappa shape index (κ1) is 14.0. The van der Waals surface area contributed by atoms with Crippen molar-refractivity contribution in [3.63, 3.8) is 0 Å². The maximum atomic E-state index is 9.84. The number of aliphatic hydroxyl groups excluding tert-OH is 2. The van der Waals surface area contributed by atoms with Crippen molar-refractivity contribution < 1.29 is 14.9 Å². The van der Waals surface area contributed by atoms with Gasteiger partial charge in [-0.25, -0.2) is 9.97 Å². The largest absolute Gasteiger partial charge is 0.394 e. The van der Waals surface area contributed by atoms with Gasteiger partial charge in [0, 0.05) is 6.42 Å². The Labute approximate surface area is 127 Å². The fourth-order valence-electron chi connectivity index (χ4n) is 2.38. The van der Waals surface area contributed by atoms with Gasteiger partial charge in [0.2, 0.25) is 0 Å². The van der Waals surface area contributed by atoms with Crippen molar-refractivity contribution in [2.75, 3.05) is 12.3 Å². The predicted octanol–water partition coefficient (Wildman–Crippen LogP) is 1.07. The number of nitrogen functional groups attached to an aromatic ring is 1. The predicted molar refractivity (Wildman–Crippen MR) is 76.3 cm³/mol. The van der Waals surface area contributed by atoms with E-state index in [1.54, 1.807) is 4.57 Å². The molecule has 1 aliphatic heterocycles. The van der Waals surface area contributed by atoms with Gasteiger partial charge in [-0.2, -0.15) is 0 Å². The molecule has 3 atom stereocenters. The highest BCUT2D eigenvalue weighted by Crippen LogP contribution is 2.41. The van der Waals surface area contributed by atoms with Gasteiger partial charge in [0.1, 0.15) is 34.7 Å². The van der Waals surface area contributed by atoms with Crippen LogP contribution in [0.4, 0.5) is 5.82 Å². The highest BCUT2D eigenvalue weighted by Gasteiger charge is 2.36. The van der Waals surface area contributed by atoms with Crippen LogP contribution in [0.2, 0.25) is 5.02 Å². The Morgan fingerprint density at radius 3 is 2.95 bits per heavy atom. The Hall–Kier alpha value is -0.930. The number of hydrogen-bond acceptors (Lipinski definition) is 6. The topological polar surface area (TPSA) is 106 Å². The molecule has 0 unspecified atom stereocenters. The summed E-state index contributed by atoms with van der Waals surface area (Å²) >= 11 is 9.62. The van der Waals surface area contributed by atoms with Crippen LogP contribution in [0.3, 0.4) is 0 Å². The van der Waals surface area contributed by atoms with E-state index in [-0.39, 0.29) is 12.4 Å². The molecule has 9 heteroatoms.